The van der Waals surface area contributed by atoms with Crippen molar-refractivity contribution in [3.05, 3.63) is 65.7 Å². The first kappa shape index (κ1) is 18.8. The number of sulfonamides is 1. The van der Waals surface area contributed by atoms with Crippen molar-refractivity contribution < 1.29 is 8.42 Å². The Hall–Kier alpha value is -2.16. The molecule has 0 bridgehead atoms. The lowest BCUT2D eigenvalue weighted by Gasteiger charge is -2.32. The second kappa shape index (κ2) is 7.27. The molecule has 150 valence electrons. The summed E-state index contributed by atoms with van der Waals surface area (Å²) in [5.74, 6) is 2.61. The number of rotatable bonds is 3. The predicted octanol–water partition coefficient (Wildman–Crippen LogP) is 3.75. The third kappa shape index (κ3) is 3.29. The Labute approximate surface area is 175 Å². The van der Waals surface area contributed by atoms with Gasteiger partial charge in [0, 0.05) is 23.9 Å². The molecule has 1 saturated heterocycles. The van der Waals surface area contributed by atoms with Crippen molar-refractivity contribution in [2.75, 3.05) is 13.1 Å². The zero-order chi connectivity index (χ0) is 20.0. The van der Waals surface area contributed by atoms with Crippen LogP contribution in [0.3, 0.4) is 0 Å². The molecule has 3 aromatic rings. The van der Waals surface area contributed by atoms with Gasteiger partial charge in [0.1, 0.15) is 11.6 Å². The van der Waals surface area contributed by atoms with Crippen molar-refractivity contribution in [1.82, 2.24) is 19.1 Å². The third-order valence-electron chi connectivity index (χ3n) is 5.63. The first-order valence-corrected chi connectivity index (χ1v) is 12.2. The Bertz CT molecular complexity index is 1160. The number of aryl methyl sites for hydroxylation is 1. The van der Waals surface area contributed by atoms with Gasteiger partial charge in [0.15, 0.2) is 0 Å². The van der Waals surface area contributed by atoms with Crippen LogP contribution in [0.4, 0.5) is 0 Å². The third-order valence-corrected chi connectivity index (χ3v) is 8.56. The van der Waals surface area contributed by atoms with E-state index in [1.807, 2.05) is 31.2 Å². The van der Waals surface area contributed by atoms with Crippen molar-refractivity contribution in [2.24, 2.45) is 0 Å². The molecule has 3 heterocycles. The van der Waals surface area contributed by atoms with Gasteiger partial charge >= 0.3 is 0 Å². The second-order valence-electron chi connectivity index (χ2n) is 7.58. The van der Waals surface area contributed by atoms with E-state index in [9.17, 15) is 8.42 Å². The van der Waals surface area contributed by atoms with Crippen LogP contribution in [0.1, 0.15) is 36.0 Å². The molecule has 6 nitrogen and oxygen atoms in total. The van der Waals surface area contributed by atoms with Crippen LogP contribution in [0, 0.1) is 6.92 Å². The lowest BCUT2D eigenvalue weighted by Crippen LogP contribution is -2.39. The number of aromatic nitrogens is 3. The van der Waals surface area contributed by atoms with Gasteiger partial charge in [0.05, 0.1) is 16.3 Å². The number of piperidine rings is 1. The summed E-state index contributed by atoms with van der Waals surface area (Å²) in [6.45, 7) is 2.93. The fourth-order valence-electron chi connectivity index (χ4n) is 4.09. The average molecular weight is 427 g/mol. The molecule has 29 heavy (non-hydrogen) atoms. The SMILES string of the molecule is Cc1ccc(S(=O)(=O)N2CCC[C@H](c3nnc4n3-c3ccccc3SC4)C2)cc1. The van der Waals surface area contributed by atoms with E-state index in [1.54, 1.807) is 28.2 Å². The van der Waals surface area contributed by atoms with Crippen LogP contribution in [-0.4, -0.2) is 40.6 Å². The van der Waals surface area contributed by atoms with Crippen LogP contribution in [0.15, 0.2) is 58.3 Å². The molecule has 0 aliphatic carbocycles. The van der Waals surface area contributed by atoms with E-state index in [1.165, 1.54) is 4.90 Å². The highest BCUT2D eigenvalue weighted by atomic mass is 32.2. The molecule has 0 N–H and O–H groups in total. The van der Waals surface area contributed by atoms with Gasteiger partial charge in [0.25, 0.3) is 0 Å². The van der Waals surface area contributed by atoms with Crippen LogP contribution < -0.4 is 0 Å². The standard InChI is InChI=1S/C21H22N4O2S2/c1-15-8-10-17(11-9-15)29(26,27)24-12-4-5-16(13-24)21-23-22-20-14-28-19-7-3-2-6-18(19)25(20)21/h2-3,6-11,16H,4-5,12-14H2,1H3/t16-/m0/s1. The van der Waals surface area contributed by atoms with E-state index in [0.29, 0.717) is 18.0 Å². The van der Waals surface area contributed by atoms with E-state index < -0.39 is 10.0 Å². The lowest BCUT2D eigenvalue weighted by atomic mass is 9.98. The Kier molecular flexibility index (Phi) is 4.72. The summed E-state index contributed by atoms with van der Waals surface area (Å²) in [5.41, 5.74) is 2.14. The summed E-state index contributed by atoms with van der Waals surface area (Å²) in [5, 5.41) is 8.91. The van der Waals surface area contributed by atoms with Gasteiger partial charge in [-0.2, -0.15) is 4.31 Å². The van der Waals surface area contributed by atoms with Gasteiger partial charge in [0.2, 0.25) is 10.0 Å². The highest BCUT2D eigenvalue weighted by Crippen LogP contribution is 2.38. The fraction of sp³-hybridized carbons (Fsp3) is 0.333. The predicted molar refractivity (Wildman–Crippen MR) is 113 cm³/mol. The maximum absolute atomic E-state index is 13.2. The Balaban J connectivity index is 1.47. The maximum Gasteiger partial charge on any atom is 0.243 e. The zero-order valence-electron chi connectivity index (χ0n) is 16.2. The number of hydrogen-bond donors (Lipinski definition) is 0. The van der Waals surface area contributed by atoms with Crippen molar-refractivity contribution in [2.45, 2.75) is 41.2 Å². The van der Waals surface area contributed by atoms with E-state index in [0.717, 1.165) is 41.5 Å². The molecule has 0 spiro atoms. The Morgan fingerprint density at radius 3 is 2.69 bits per heavy atom. The summed E-state index contributed by atoms with van der Waals surface area (Å²) < 4.78 is 30.1. The number of para-hydroxylation sites is 1. The Morgan fingerprint density at radius 1 is 1.07 bits per heavy atom. The van der Waals surface area contributed by atoms with Crippen LogP contribution >= 0.6 is 11.8 Å². The molecule has 1 atom stereocenters. The molecule has 0 amide bonds. The zero-order valence-corrected chi connectivity index (χ0v) is 17.8. The van der Waals surface area contributed by atoms with E-state index in [2.05, 4.69) is 26.9 Å². The van der Waals surface area contributed by atoms with Gasteiger partial charge in [-0.1, -0.05) is 29.8 Å². The fourth-order valence-corrected chi connectivity index (χ4v) is 6.56. The van der Waals surface area contributed by atoms with E-state index >= 15 is 0 Å². The van der Waals surface area contributed by atoms with Gasteiger partial charge in [-0.3, -0.25) is 4.57 Å². The quantitative estimate of drug-likeness (QED) is 0.638. The minimum Gasteiger partial charge on any atom is -0.281 e. The van der Waals surface area contributed by atoms with Crippen molar-refractivity contribution >= 4 is 21.8 Å². The van der Waals surface area contributed by atoms with Crippen molar-refractivity contribution in [3.63, 3.8) is 0 Å². The molecule has 2 aliphatic rings. The minimum atomic E-state index is -3.51. The molecule has 0 unspecified atom stereocenters. The monoisotopic (exact) mass is 426 g/mol. The number of thioether (sulfide) groups is 1. The molecule has 8 heteroatoms. The molecule has 0 radical (unpaired) electrons. The molecule has 5 rings (SSSR count). The molecule has 2 aromatic carbocycles. The highest BCUT2D eigenvalue weighted by molar-refractivity contribution is 7.98. The molecule has 0 saturated carbocycles. The number of fused-ring (bicyclic) bond motifs is 3. The van der Waals surface area contributed by atoms with Gasteiger partial charge in [-0.05, 0) is 44.0 Å². The van der Waals surface area contributed by atoms with E-state index in [-0.39, 0.29) is 5.92 Å². The van der Waals surface area contributed by atoms with Crippen molar-refractivity contribution in [1.29, 1.82) is 0 Å². The summed E-state index contributed by atoms with van der Waals surface area (Å²) in [4.78, 5) is 1.56. The van der Waals surface area contributed by atoms with Gasteiger partial charge < -0.3 is 0 Å². The first-order valence-electron chi connectivity index (χ1n) is 9.77. The van der Waals surface area contributed by atoms with Crippen LogP contribution in [0.25, 0.3) is 5.69 Å². The Morgan fingerprint density at radius 2 is 1.86 bits per heavy atom. The maximum atomic E-state index is 13.2. The number of nitrogens with zero attached hydrogens (tertiary/aromatic N) is 4. The largest absolute Gasteiger partial charge is 0.281 e. The normalized spacial score (nSPS) is 19.6. The minimum absolute atomic E-state index is 0.0291. The van der Waals surface area contributed by atoms with Crippen LogP contribution in [0.5, 0.6) is 0 Å². The van der Waals surface area contributed by atoms with Crippen molar-refractivity contribution in [3.8, 4) is 5.69 Å². The topological polar surface area (TPSA) is 68.1 Å². The molecule has 2 aliphatic heterocycles. The summed E-state index contributed by atoms with van der Waals surface area (Å²) in [6.07, 6.45) is 1.72. The first-order chi connectivity index (χ1) is 14.0. The van der Waals surface area contributed by atoms with Crippen LogP contribution in [0.2, 0.25) is 0 Å². The smallest absolute Gasteiger partial charge is 0.243 e. The summed E-state index contributed by atoms with van der Waals surface area (Å²) in [6, 6.07) is 15.3. The summed E-state index contributed by atoms with van der Waals surface area (Å²) in [7, 11) is -3.51. The molecule has 1 fully saturated rings. The molecular formula is C21H22N4O2S2. The number of benzene rings is 2. The number of hydrogen-bond acceptors (Lipinski definition) is 5. The second-order valence-corrected chi connectivity index (χ2v) is 10.5. The average Bonchev–Trinajstić information content (AvgIpc) is 3.19. The lowest BCUT2D eigenvalue weighted by molar-refractivity contribution is 0.307. The summed E-state index contributed by atoms with van der Waals surface area (Å²) >= 11 is 1.76. The van der Waals surface area contributed by atoms with Gasteiger partial charge in [-0.25, -0.2) is 8.42 Å². The highest BCUT2D eigenvalue weighted by Gasteiger charge is 2.34. The molecular weight excluding hydrogens is 404 g/mol. The van der Waals surface area contributed by atoms with Gasteiger partial charge in [-0.15, -0.1) is 22.0 Å². The van der Waals surface area contributed by atoms with Crippen LogP contribution in [-0.2, 0) is 15.8 Å². The van der Waals surface area contributed by atoms with E-state index in [4.69, 9.17) is 0 Å². The molecule has 1 aromatic heterocycles.